The van der Waals surface area contributed by atoms with E-state index in [0.29, 0.717) is 11.3 Å². The molecule has 2 aromatic rings. The molecule has 0 spiro atoms. The zero-order valence-corrected chi connectivity index (χ0v) is 13.2. The maximum atomic E-state index is 13.0. The van der Waals surface area contributed by atoms with E-state index in [1.54, 1.807) is 19.1 Å². The lowest BCUT2D eigenvalue weighted by molar-refractivity contribution is 0.598. The molecule has 0 atom stereocenters. The van der Waals surface area contributed by atoms with Crippen molar-refractivity contribution in [2.75, 3.05) is 4.72 Å². The number of pyridine rings is 1. The van der Waals surface area contributed by atoms with E-state index in [-0.39, 0.29) is 10.7 Å². The lowest BCUT2D eigenvalue weighted by Crippen LogP contribution is -2.15. The van der Waals surface area contributed by atoms with Crippen LogP contribution in [0.1, 0.15) is 11.3 Å². The highest BCUT2D eigenvalue weighted by Gasteiger charge is 2.18. The predicted molar refractivity (Wildman–Crippen MR) is 78.6 cm³/mol. The summed E-state index contributed by atoms with van der Waals surface area (Å²) in [6.45, 7) is 3.29. The molecule has 0 saturated heterocycles. The van der Waals surface area contributed by atoms with Gasteiger partial charge in [-0.3, -0.25) is 4.72 Å². The number of aryl methyl sites for hydroxylation is 2. The highest BCUT2D eigenvalue weighted by Crippen LogP contribution is 2.21. The topological polar surface area (TPSA) is 59.1 Å². The maximum Gasteiger partial charge on any atom is 0.263 e. The third-order valence-electron chi connectivity index (χ3n) is 2.69. The Hall–Kier alpha value is -1.47. The summed E-state index contributed by atoms with van der Waals surface area (Å²) in [4.78, 5) is 4.15. The van der Waals surface area contributed by atoms with Crippen molar-refractivity contribution in [2.24, 2.45) is 0 Å². The van der Waals surface area contributed by atoms with Crippen molar-refractivity contribution < 1.29 is 12.8 Å². The Morgan fingerprint density at radius 1 is 1.20 bits per heavy atom. The fraction of sp³-hybridized carbons (Fsp3) is 0.154. The van der Waals surface area contributed by atoms with Crippen molar-refractivity contribution in [3.63, 3.8) is 0 Å². The van der Waals surface area contributed by atoms with E-state index < -0.39 is 15.8 Å². The van der Waals surface area contributed by atoms with Crippen molar-refractivity contribution in [1.82, 2.24) is 4.98 Å². The normalized spacial score (nSPS) is 11.4. The molecule has 0 aliphatic carbocycles. The van der Waals surface area contributed by atoms with Crippen LogP contribution in [0.3, 0.4) is 0 Å². The van der Waals surface area contributed by atoms with Crippen molar-refractivity contribution >= 4 is 31.8 Å². The van der Waals surface area contributed by atoms with Gasteiger partial charge in [-0.1, -0.05) is 0 Å². The van der Waals surface area contributed by atoms with Crippen LogP contribution in [0, 0.1) is 19.7 Å². The monoisotopic (exact) mass is 358 g/mol. The summed E-state index contributed by atoms with van der Waals surface area (Å²) in [6, 6.07) is 6.78. The van der Waals surface area contributed by atoms with Gasteiger partial charge >= 0.3 is 0 Å². The molecule has 1 aromatic carbocycles. The Morgan fingerprint density at radius 2 is 1.90 bits per heavy atom. The van der Waals surface area contributed by atoms with Gasteiger partial charge in [0.2, 0.25) is 0 Å². The van der Waals surface area contributed by atoms with E-state index in [9.17, 15) is 12.8 Å². The van der Waals surface area contributed by atoms with Gasteiger partial charge in [-0.25, -0.2) is 17.8 Å². The second kappa shape index (κ2) is 5.49. The van der Waals surface area contributed by atoms with E-state index in [1.165, 1.54) is 19.1 Å². The summed E-state index contributed by atoms with van der Waals surface area (Å²) in [5.74, 6) is -0.256. The second-order valence-corrected chi connectivity index (χ2v) is 6.78. The van der Waals surface area contributed by atoms with Crippen molar-refractivity contribution in [1.29, 1.82) is 0 Å². The Balaban J connectivity index is 2.38. The molecule has 0 saturated carbocycles. The van der Waals surface area contributed by atoms with Crippen molar-refractivity contribution in [2.45, 2.75) is 18.7 Å². The quantitative estimate of drug-likeness (QED) is 0.914. The fourth-order valence-electron chi connectivity index (χ4n) is 1.71. The number of anilines is 1. The molecule has 0 bridgehead atoms. The lowest BCUT2D eigenvalue weighted by Gasteiger charge is -2.10. The van der Waals surface area contributed by atoms with Gasteiger partial charge in [0.15, 0.2) is 0 Å². The minimum atomic E-state index is -3.78. The van der Waals surface area contributed by atoms with Gasteiger partial charge in [0.25, 0.3) is 10.0 Å². The van der Waals surface area contributed by atoms with Gasteiger partial charge in [0.1, 0.15) is 11.6 Å². The summed E-state index contributed by atoms with van der Waals surface area (Å²) in [5, 5.41) is 0. The minimum absolute atomic E-state index is 0.0290. The molecule has 1 aromatic heterocycles. The van der Waals surface area contributed by atoms with Gasteiger partial charge in [0, 0.05) is 4.47 Å². The first-order valence-corrected chi connectivity index (χ1v) is 7.99. The predicted octanol–water partition coefficient (Wildman–Crippen LogP) is 3.40. The summed E-state index contributed by atoms with van der Waals surface area (Å²) >= 11 is 3.29. The minimum Gasteiger partial charge on any atom is -0.263 e. The van der Waals surface area contributed by atoms with E-state index in [0.717, 1.165) is 10.5 Å². The first-order chi connectivity index (χ1) is 9.29. The van der Waals surface area contributed by atoms with Crippen molar-refractivity contribution in [3.8, 4) is 0 Å². The van der Waals surface area contributed by atoms with Gasteiger partial charge in [-0.15, -0.1) is 0 Å². The summed E-state index contributed by atoms with van der Waals surface area (Å²) in [7, 11) is -3.78. The number of halogens is 2. The molecule has 0 unspecified atom stereocenters. The average Bonchev–Trinajstić information content (AvgIpc) is 2.33. The number of hydrogen-bond donors (Lipinski definition) is 1. The zero-order chi connectivity index (χ0) is 14.9. The van der Waals surface area contributed by atoms with Gasteiger partial charge < -0.3 is 0 Å². The number of sulfonamides is 1. The molecule has 20 heavy (non-hydrogen) atoms. The number of benzene rings is 1. The number of nitrogens with zero attached hydrogens (tertiary/aromatic N) is 1. The maximum absolute atomic E-state index is 13.0. The molecular formula is C13H12BrFN2O2S. The third kappa shape index (κ3) is 3.16. The molecule has 2 rings (SSSR count). The number of aromatic nitrogens is 1. The van der Waals surface area contributed by atoms with E-state index in [1.807, 2.05) is 0 Å². The molecule has 1 N–H and O–H groups in total. The Kier molecular flexibility index (Phi) is 4.10. The van der Waals surface area contributed by atoms with Crippen LogP contribution in [0.25, 0.3) is 0 Å². The van der Waals surface area contributed by atoms with Crippen LogP contribution in [0.2, 0.25) is 0 Å². The van der Waals surface area contributed by atoms with Gasteiger partial charge in [-0.05, 0) is 65.7 Å². The second-order valence-electron chi connectivity index (χ2n) is 4.28. The zero-order valence-electron chi connectivity index (χ0n) is 10.8. The molecule has 0 radical (unpaired) electrons. The van der Waals surface area contributed by atoms with E-state index in [2.05, 4.69) is 25.6 Å². The Morgan fingerprint density at radius 3 is 2.50 bits per heavy atom. The molecule has 7 heteroatoms. The fourth-order valence-corrected chi connectivity index (χ4v) is 3.16. The highest BCUT2D eigenvalue weighted by atomic mass is 79.9. The Labute approximate surface area is 125 Å². The van der Waals surface area contributed by atoms with Gasteiger partial charge in [0.05, 0.1) is 10.6 Å². The van der Waals surface area contributed by atoms with Crippen LogP contribution < -0.4 is 4.72 Å². The van der Waals surface area contributed by atoms with E-state index in [4.69, 9.17) is 0 Å². The molecule has 1 heterocycles. The van der Waals surface area contributed by atoms with Crippen LogP contribution in [0.15, 0.2) is 39.7 Å². The standard InChI is InChI=1S/C13H12BrFN2O2S/c1-8-7-10(15)3-5-12(8)20(18,19)17-13-6-4-11(14)9(2)16-13/h3-7H,1-2H3,(H,16,17). The molecular weight excluding hydrogens is 347 g/mol. The van der Waals surface area contributed by atoms with Crippen LogP contribution in [0.5, 0.6) is 0 Å². The van der Waals surface area contributed by atoms with Crippen LogP contribution in [0.4, 0.5) is 10.2 Å². The first kappa shape index (κ1) is 14.9. The molecule has 106 valence electrons. The SMILES string of the molecule is Cc1cc(F)ccc1S(=O)(=O)Nc1ccc(Br)c(C)n1. The molecule has 0 amide bonds. The molecule has 0 aliphatic rings. The number of nitrogens with one attached hydrogen (secondary N) is 1. The average molecular weight is 359 g/mol. The summed E-state index contributed by atoms with van der Waals surface area (Å²) in [5.41, 5.74) is 1.01. The van der Waals surface area contributed by atoms with Crippen molar-refractivity contribution in [3.05, 3.63) is 51.9 Å². The number of hydrogen-bond acceptors (Lipinski definition) is 3. The Bertz CT molecular complexity index is 763. The summed E-state index contributed by atoms with van der Waals surface area (Å²) in [6.07, 6.45) is 0. The highest BCUT2D eigenvalue weighted by molar-refractivity contribution is 9.10. The van der Waals surface area contributed by atoms with E-state index >= 15 is 0 Å². The largest absolute Gasteiger partial charge is 0.263 e. The smallest absolute Gasteiger partial charge is 0.263 e. The van der Waals surface area contributed by atoms with Gasteiger partial charge in [-0.2, -0.15) is 0 Å². The van der Waals surface area contributed by atoms with Crippen LogP contribution >= 0.6 is 15.9 Å². The molecule has 0 aliphatic heterocycles. The first-order valence-electron chi connectivity index (χ1n) is 5.72. The summed E-state index contributed by atoms with van der Waals surface area (Å²) < 4.78 is 40.7. The lowest BCUT2D eigenvalue weighted by atomic mass is 10.2. The van der Waals surface area contributed by atoms with Crippen LogP contribution in [-0.2, 0) is 10.0 Å². The van der Waals surface area contributed by atoms with Crippen LogP contribution in [-0.4, -0.2) is 13.4 Å². The third-order valence-corrected chi connectivity index (χ3v) is 5.04. The number of rotatable bonds is 3. The molecule has 4 nitrogen and oxygen atoms in total. The molecule has 0 fully saturated rings.